The molecular weight excluding hydrogens is 536 g/mol. The summed E-state index contributed by atoms with van der Waals surface area (Å²) >= 11 is 0. The van der Waals surface area contributed by atoms with E-state index in [4.69, 9.17) is 18.7 Å². The minimum Gasteiger partial charge on any atom is -0.493 e. The van der Waals surface area contributed by atoms with E-state index >= 15 is 0 Å². The summed E-state index contributed by atoms with van der Waals surface area (Å²) in [4.78, 5) is 23.8. The van der Waals surface area contributed by atoms with Gasteiger partial charge in [-0.05, 0) is 43.5 Å². The molecule has 1 unspecified atom stereocenters. The van der Waals surface area contributed by atoms with Gasteiger partial charge in [-0.15, -0.1) is 0 Å². The van der Waals surface area contributed by atoms with E-state index < -0.39 is 6.03 Å². The molecule has 0 spiro atoms. The molecule has 42 heavy (non-hydrogen) atoms. The number of carbonyl (C=O) groups is 1. The van der Waals surface area contributed by atoms with Crippen LogP contribution in [-0.4, -0.2) is 59.4 Å². The molecule has 2 amide bonds. The first-order valence-electron chi connectivity index (χ1n) is 14.2. The number of benzene rings is 2. The molecule has 5 rings (SSSR count). The van der Waals surface area contributed by atoms with Crippen LogP contribution < -0.4 is 24.8 Å². The second kappa shape index (κ2) is 12.6. The molecule has 11 heteroatoms. The Morgan fingerprint density at radius 3 is 2.71 bits per heavy atom. The van der Waals surface area contributed by atoms with Crippen LogP contribution in [0.2, 0.25) is 0 Å². The number of urea groups is 1. The topological polar surface area (TPSA) is 124 Å². The van der Waals surface area contributed by atoms with Gasteiger partial charge in [0.15, 0.2) is 17.3 Å². The highest BCUT2D eigenvalue weighted by Gasteiger charge is 2.21. The van der Waals surface area contributed by atoms with Crippen molar-refractivity contribution in [3.05, 3.63) is 54.6 Å². The molecule has 4 aromatic rings. The highest BCUT2D eigenvalue weighted by atomic mass is 16.5. The molecular formula is C31H38N6O5. The van der Waals surface area contributed by atoms with Crippen molar-refractivity contribution >= 4 is 28.4 Å². The third-order valence-corrected chi connectivity index (χ3v) is 7.07. The molecule has 0 saturated carbocycles. The van der Waals surface area contributed by atoms with E-state index in [1.807, 2.05) is 32.9 Å². The number of methoxy groups -OCH3 is 1. The first-order valence-corrected chi connectivity index (χ1v) is 14.2. The van der Waals surface area contributed by atoms with Crippen LogP contribution in [0.1, 0.15) is 46.3 Å². The number of nitrogens with zero attached hydrogens (tertiary/aromatic N) is 4. The van der Waals surface area contributed by atoms with E-state index in [2.05, 4.69) is 37.6 Å². The van der Waals surface area contributed by atoms with Gasteiger partial charge in [-0.3, -0.25) is 5.32 Å². The number of likely N-dealkylation sites (tertiary alicyclic amines) is 1. The number of amides is 2. The van der Waals surface area contributed by atoms with Crippen molar-refractivity contribution in [1.29, 1.82) is 0 Å². The summed E-state index contributed by atoms with van der Waals surface area (Å²) in [6, 6.07) is 11.9. The summed E-state index contributed by atoms with van der Waals surface area (Å²) in [6.45, 7) is 12.2. The molecule has 1 aliphatic heterocycles. The van der Waals surface area contributed by atoms with Crippen LogP contribution >= 0.6 is 0 Å². The SMILES string of the molecule is COc1cc2c(Oc3cccc(NC(=O)Nc4cc(C(C)(C)C)on4)c3)ncnc2cc1OCCCN1CCC(C)C1. The van der Waals surface area contributed by atoms with Crippen molar-refractivity contribution in [2.75, 3.05) is 44.0 Å². The quantitative estimate of drug-likeness (QED) is 0.205. The Morgan fingerprint density at radius 2 is 1.98 bits per heavy atom. The van der Waals surface area contributed by atoms with Gasteiger partial charge < -0.3 is 29.0 Å². The highest BCUT2D eigenvalue weighted by Crippen LogP contribution is 2.36. The van der Waals surface area contributed by atoms with Gasteiger partial charge in [0.05, 0.1) is 24.6 Å². The van der Waals surface area contributed by atoms with Crippen molar-refractivity contribution < 1.29 is 23.5 Å². The minimum atomic E-state index is -0.458. The average Bonchev–Trinajstić information content (AvgIpc) is 3.60. The predicted molar refractivity (Wildman–Crippen MR) is 161 cm³/mol. The van der Waals surface area contributed by atoms with Crippen molar-refractivity contribution in [2.24, 2.45) is 5.92 Å². The number of hydrogen-bond acceptors (Lipinski definition) is 9. The summed E-state index contributed by atoms with van der Waals surface area (Å²) in [5.74, 6) is 3.82. The number of fused-ring (bicyclic) bond motifs is 1. The zero-order chi connectivity index (χ0) is 29.7. The van der Waals surface area contributed by atoms with E-state index in [9.17, 15) is 4.79 Å². The van der Waals surface area contributed by atoms with Gasteiger partial charge in [-0.2, -0.15) is 0 Å². The number of ether oxygens (including phenoxy) is 3. The molecule has 1 fully saturated rings. The van der Waals surface area contributed by atoms with Crippen molar-refractivity contribution in [2.45, 2.75) is 46.0 Å². The number of nitrogens with one attached hydrogen (secondary N) is 2. The fourth-order valence-electron chi connectivity index (χ4n) is 4.81. The lowest BCUT2D eigenvalue weighted by Gasteiger charge is -2.16. The standard InChI is InChI=1S/C31H38N6O5/c1-20-10-12-37(18-20)11-7-13-40-26-16-24-23(15-25(26)39-5)29(33-19-32-24)41-22-9-6-8-21(14-22)34-30(38)35-28-17-27(42-36-28)31(2,3)4/h6,8-9,14-17,19-20H,7,10-13,18H2,1-5H3,(H2,34,35,36,38). The summed E-state index contributed by atoms with van der Waals surface area (Å²) in [6.07, 6.45) is 3.65. The molecule has 11 nitrogen and oxygen atoms in total. The molecule has 0 radical (unpaired) electrons. The monoisotopic (exact) mass is 574 g/mol. The van der Waals surface area contributed by atoms with Crippen LogP contribution in [0.15, 0.2) is 53.3 Å². The van der Waals surface area contributed by atoms with Crippen LogP contribution in [0.4, 0.5) is 16.3 Å². The Bertz CT molecular complexity index is 1530. The fraction of sp³-hybridized carbons (Fsp3) is 0.419. The van der Waals surface area contributed by atoms with Gasteiger partial charge in [0.1, 0.15) is 17.8 Å². The Kier molecular flexibility index (Phi) is 8.77. The van der Waals surface area contributed by atoms with E-state index in [0.29, 0.717) is 57.9 Å². The lowest BCUT2D eigenvalue weighted by Crippen LogP contribution is -2.23. The summed E-state index contributed by atoms with van der Waals surface area (Å²) in [7, 11) is 1.60. The number of rotatable bonds is 10. The maximum absolute atomic E-state index is 12.6. The predicted octanol–water partition coefficient (Wildman–Crippen LogP) is 6.47. The number of aromatic nitrogens is 3. The first-order chi connectivity index (χ1) is 20.2. The second-order valence-corrected chi connectivity index (χ2v) is 11.6. The second-order valence-electron chi connectivity index (χ2n) is 11.6. The van der Waals surface area contributed by atoms with E-state index in [1.54, 1.807) is 37.4 Å². The van der Waals surface area contributed by atoms with Crippen LogP contribution in [0.25, 0.3) is 10.9 Å². The largest absolute Gasteiger partial charge is 0.493 e. The molecule has 2 aromatic heterocycles. The van der Waals surface area contributed by atoms with Gasteiger partial charge in [0, 0.05) is 42.4 Å². The summed E-state index contributed by atoms with van der Waals surface area (Å²) < 4.78 is 23.2. The lowest BCUT2D eigenvalue weighted by atomic mass is 9.93. The summed E-state index contributed by atoms with van der Waals surface area (Å²) in [5.41, 5.74) is 0.977. The van der Waals surface area contributed by atoms with Gasteiger partial charge >= 0.3 is 6.03 Å². The molecule has 2 aromatic carbocycles. The van der Waals surface area contributed by atoms with Crippen molar-refractivity contribution in [3.8, 4) is 23.1 Å². The van der Waals surface area contributed by atoms with E-state index in [1.165, 1.54) is 12.7 Å². The van der Waals surface area contributed by atoms with Crippen molar-refractivity contribution in [3.63, 3.8) is 0 Å². The Hall–Kier alpha value is -4.38. The first kappa shape index (κ1) is 29.1. The van der Waals surface area contributed by atoms with Crippen molar-refractivity contribution in [1.82, 2.24) is 20.0 Å². The number of anilines is 2. The van der Waals surface area contributed by atoms with Crippen LogP contribution in [0.3, 0.4) is 0 Å². The summed E-state index contributed by atoms with van der Waals surface area (Å²) in [5, 5.41) is 10.1. The van der Waals surface area contributed by atoms with Crippen LogP contribution in [0, 0.1) is 5.92 Å². The van der Waals surface area contributed by atoms with Crippen LogP contribution in [0.5, 0.6) is 23.1 Å². The molecule has 1 saturated heterocycles. The fourth-order valence-corrected chi connectivity index (χ4v) is 4.81. The van der Waals surface area contributed by atoms with Gasteiger partial charge in [-0.25, -0.2) is 14.8 Å². The van der Waals surface area contributed by atoms with E-state index in [-0.39, 0.29) is 5.41 Å². The Morgan fingerprint density at radius 1 is 1.12 bits per heavy atom. The third kappa shape index (κ3) is 7.27. The third-order valence-electron chi connectivity index (χ3n) is 7.07. The van der Waals surface area contributed by atoms with Crippen LogP contribution in [-0.2, 0) is 5.41 Å². The zero-order valence-electron chi connectivity index (χ0n) is 24.8. The molecule has 3 heterocycles. The molecule has 0 bridgehead atoms. The maximum Gasteiger partial charge on any atom is 0.324 e. The normalized spacial score (nSPS) is 15.5. The maximum atomic E-state index is 12.6. The van der Waals surface area contributed by atoms with Gasteiger partial charge in [0.2, 0.25) is 5.88 Å². The van der Waals surface area contributed by atoms with Gasteiger partial charge in [0.25, 0.3) is 0 Å². The molecule has 0 aliphatic carbocycles. The van der Waals surface area contributed by atoms with E-state index in [0.717, 1.165) is 32.0 Å². The zero-order valence-corrected chi connectivity index (χ0v) is 24.8. The molecule has 222 valence electrons. The lowest BCUT2D eigenvalue weighted by molar-refractivity contribution is 0.251. The average molecular weight is 575 g/mol. The van der Waals surface area contributed by atoms with Gasteiger partial charge in [-0.1, -0.05) is 38.9 Å². The molecule has 1 aliphatic rings. The Labute approximate surface area is 245 Å². The smallest absolute Gasteiger partial charge is 0.324 e. The molecule has 2 N–H and O–H groups in total. The Balaban J connectivity index is 1.23. The highest BCUT2D eigenvalue weighted by molar-refractivity contribution is 5.99. The number of hydrogen-bond donors (Lipinski definition) is 2. The molecule has 1 atom stereocenters. The number of carbonyl (C=O) groups excluding carboxylic acids is 1. The minimum absolute atomic E-state index is 0.217.